The summed E-state index contributed by atoms with van der Waals surface area (Å²) in [6.45, 7) is 4.61. The molecule has 0 radical (unpaired) electrons. The minimum Gasteiger partial charge on any atom is -0.349 e. The third kappa shape index (κ3) is 24.1. The van der Waals surface area contributed by atoms with Gasteiger partial charge in [-0.25, -0.2) is 4.98 Å². The molecule has 0 aliphatic carbocycles. The minimum absolute atomic E-state index is 0. The molecule has 0 aliphatic rings. The fourth-order valence-corrected chi connectivity index (χ4v) is 5.58. The summed E-state index contributed by atoms with van der Waals surface area (Å²) in [6.07, 6.45) is 42.5. The average Bonchev–Trinajstić information content (AvgIpc) is 3.39. The Balaban J connectivity index is 0.0000122. The van der Waals surface area contributed by atoms with Crippen molar-refractivity contribution >= 4 is 17.0 Å². The largest absolute Gasteiger partial charge is 0.349 e. The van der Waals surface area contributed by atoms with Crippen LogP contribution in [0.15, 0.2) is 12.4 Å². The second kappa shape index (κ2) is 29.2. The SMILES string of the molecule is Br.CCCCCCCCCCCCCCCC(CCCCCCCCCCCC)CCc1ncc[nH]1. The van der Waals surface area contributed by atoms with E-state index in [1.54, 1.807) is 0 Å². The predicted octanol–water partition coefficient (Wildman–Crippen LogP) is 12.3. The first-order valence-electron chi connectivity index (χ1n) is 16.3. The van der Waals surface area contributed by atoms with Gasteiger partial charge in [-0.1, -0.05) is 174 Å². The summed E-state index contributed by atoms with van der Waals surface area (Å²) in [5.41, 5.74) is 0. The quantitative estimate of drug-likeness (QED) is 0.0999. The number of H-pyrrole nitrogens is 1. The summed E-state index contributed by atoms with van der Waals surface area (Å²) >= 11 is 0. The summed E-state index contributed by atoms with van der Waals surface area (Å²) in [6, 6.07) is 0. The third-order valence-electron chi connectivity index (χ3n) is 8.03. The van der Waals surface area contributed by atoms with E-state index >= 15 is 0 Å². The first-order valence-corrected chi connectivity index (χ1v) is 16.3. The lowest BCUT2D eigenvalue weighted by Crippen LogP contribution is -2.04. The Morgan fingerprint density at radius 2 is 0.889 bits per heavy atom. The van der Waals surface area contributed by atoms with Crippen LogP contribution in [-0.4, -0.2) is 9.97 Å². The Bertz CT molecular complexity index is 502. The van der Waals surface area contributed by atoms with Crippen molar-refractivity contribution in [1.82, 2.24) is 9.97 Å². The lowest BCUT2D eigenvalue weighted by Gasteiger charge is -2.16. The van der Waals surface area contributed by atoms with Crippen LogP contribution in [0.2, 0.25) is 0 Å². The molecule has 0 aromatic carbocycles. The molecule has 36 heavy (non-hydrogen) atoms. The smallest absolute Gasteiger partial charge is 0.106 e. The van der Waals surface area contributed by atoms with E-state index in [9.17, 15) is 0 Å². The standard InChI is InChI=1S/C33H64N2.BrH/c1-3-5-7-9-11-13-15-16-17-19-21-23-25-27-32(28-29-33-34-30-31-35-33)26-24-22-20-18-14-12-10-8-6-4-2;/h30-32H,3-29H2,1-2H3,(H,34,35);1H. The number of halogens is 1. The third-order valence-corrected chi connectivity index (χ3v) is 8.03. The van der Waals surface area contributed by atoms with Crippen LogP contribution in [0.1, 0.15) is 187 Å². The molecule has 3 heteroatoms. The average molecular weight is 570 g/mol. The maximum Gasteiger partial charge on any atom is 0.106 e. The molecule has 0 aliphatic heterocycles. The van der Waals surface area contributed by atoms with E-state index in [1.807, 2.05) is 12.4 Å². The van der Waals surface area contributed by atoms with Gasteiger partial charge in [-0.15, -0.1) is 17.0 Å². The number of imidazole rings is 1. The van der Waals surface area contributed by atoms with Crippen molar-refractivity contribution in [3.8, 4) is 0 Å². The molecule has 1 rings (SSSR count). The van der Waals surface area contributed by atoms with E-state index in [0.717, 1.165) is 12.3 Å². The van der Waals surface area contributed by atoms with E-state index < -0.39 is 0 Å². The van der Waals surface area contributed by atoms with Gasteiger partial charge in [0.25, 0.3) is 0 Å². The van der Waals surface area contributed by atoms with Crippen LogP contribution < -0.4 is 0 Å². The molecule has 2 nitrogen and oxygen atoms in total. The van der Waals surface area contributed by atoms with E-state index in [-0.39, 0.29) is 17.0 Å². The summed E-state index contributed by atoms with van der Waals surface area (Å²) in [5, 5.41) is 0. The number of rotatable bonds is 28. The van der Waals surface area contributed by atoms with Crippen LogP contribution >= 0.6 is 17.0 Å². The second-order valence-electron chi connectivity index (χ2n) is 11.4. The molecule has 0 fully saturated rings. The highest BCUT2D eigenvalue weighted by Gasteiger charge is 2.10. The van der Waals surface area contributed by atoms with Crippen molar-refractivity contribution in [2.45, 2.75) is 187 Å². The zero-order valence-corrected chi connectivity index (χ0v) is 26.4. The molecule has 214 valence electrons. The Kier molecular flexibility index (Phi) is 29.0. The highest BCUT2D eigenvalue weighted by Crippen LogP contribution is 2.23. The first-order chi connectivity index (χ1) is 17.4. The van der Waals surface area contributed by atoms with Crippen molar-refractivity contribution in [3.05, 3.63) is 18.2 Å². The molecule has 1 aromatic heterocycles. The Morgan fingerprint density at radius 3 is 1.22 bits per heavy atom. The molecule has 1 aromatic rings. The van der Waals surface area contributed by atoms with Gasteiger partial charge in [0.05, 0.1) is 0 Å². The fourth-order valence-electron chi connectivity index (χ4n) is 5.58. The van der Waals surface area contributed by atoms with Gasteiger partial charge in [0.15, 0.2) is 0 Å². The van der Waals surface area contributed by atoms with Gasteiger partial charge in [0, 0.05) is 18.8 Å². The molecule has 0 bridgehead atoms. The van der Waals surface area contributed by atoms with Gasteiger partial charge in [-0.2, -0.15) is 0 Å². The topological polar surface area (TPSA) is 28.7 Å². The molecular formula is C33H65BrN2. The van der Waals surface area contributed by atoms with Gasteiger partial charge < -0.3 is 4.98 Å². The normalized spacial score (nSPS) is 12.1. The fraction of sp³-hybridized carbons (Fsp3) is 0.909. The number of aromatic nitrogens is 2. The number of aromatic amines is 1. The number of hydrogen-bond donors (Lipinski definition) is 1. The highest BCUT2D eigenvalue weighted by atomic mass is 79.9. The highest BCUT2D eigenvalue weighted by molar-refractivity contribution is 8.93. The van der Waals surface area contributed by atoms with Crippen molar-refractivity contribution in [2.75, 3.05) is 0 Å². The van der Waals surface area contributed by atoms with Crippen molar-refractivity contribution in [2.24, 2.45) is 5.92 Å². The molecule has 1 heterocycles. The van der Waals surface area contributed by atoms with Gasteiger partial charge >= 0.3 is 0 Å². The molecule has 0 saturated carbocycles. The van der Waals surface area contributed by atoms with Gasteiger partial charge in [-0.3, -0.25) is 0 Å². The summed E-state index contributed by atoms with van der Waals surface area (Å²) < 4.78 is 0. The zero-order valence-electron chi connectivity index (χ0n) is 24.7. The van der Waals surface area contributed by atoms with Crippen molar-refractivity contribution in [3.63, 3.8) is 0 Å². The van der Waals surface area contributed by atoms with Gasteiger partial charge in [0.1, 0.15) is 5.82 Å². The lowest BCUT2D eigenvalue weighted by molar-refractivity contribution is 0.378. The molecular weight excluding hydrogens is 504 g/mol. The number of nitrogens with one attached hydrogen (secondary N) is 1. The van der Waals surface area contributed by atoms with Crippen LogP contribution in [0.5, 0.6) is 0 Å². The molecule has 1 atom stereocenters. The zero-order chi connectivity index (χ0) is 25.1. The summed E-state index contributed by atoms with van der Waals surface area (Å²) in [5.74, 6) is 2.09. The van der Waals surface area contributed by atoms with Crippen LogP contribution in [0.25, 0.3) is 0 Å². The van der Waals surface area contributed by atoms with Crippen molar-refractivity contribution < 1.29 is 0 Å². The molecule has 1 unspecified atom stereocenters. The minimum atomic E-state index is 0. The first kappa shape index (κ1) is 35.7. The number of unbranched alkanes of at least 4 members (excludes halogenated alkanes) is 21. The van der Waals surface area contributed by atoms with Crippen LogP contribution in [0.3, 0.4) is 0 Å². The Morgan fingerprint density at radius 1 is 0.528 bits per heavy atom. The maximum absolute atomic E-state index is 4.46. The number of hydrogen-bond acceptors (Lipinski definition) is 1. The number of nitrogens with zero attached hydrogens (tertiary/aromatic N) is 1. The second-order valence-corrected chi connectivity index (χ2v) is 11.4. The molecule has 0 saturated heterocycles. The summed E-state index contributed by atoms with van der Waals surface area (Å²) in [4.78, 5) is 7.77. The van der Waals surface area contributed by atoms with Crippen LogP contribution in [0.4, 0.5) is 0 Å². The van der Waals surface area contributed by atoms with E-state index in [0.29, 0.717) is 0 Å². The molecule has 0 amide bonds. The molecule has 0 spiro atoms. The van der Waals surface area contributed by atoms with Crippen LogP contribution in [0, 0.1) is 5.92 Å². The van der Waals surface area contributed by atoms with Crippen LogP contribution in [-0.2, 0) is 6.42 Å². The Hall–Kier alpha value is -0.310. The van der Waals surface area contributed by atoms with Gasteiger partial charge in [0.2, 0.25) is 0 Å². The molecule has 1 N–H and O–H groups in total. The number of aryl methyl sites for hydroxylation is 1. The summed E-state index contributed by atoms with van der Waals surface area (Å²) in [7, 11) is 0. The van der Waals surface area contributed by atoms with E-state index in [2.05, 4.69) is 23.8 Å². The van der Waals surface area contributed by atoms with Gasteiger partial charge in [-0.05, 0) is 12.3 Å². The maximum atomic E-state index is 4.46. The monoisotopic (exact) mass is 568 g/mol. The van der Waals surface area contributed by atoms with E-state index in [4.69, 9.17) is 0 Å². The van der Waals surface area contributed by atoms with E-state index in [1.165, 1.54) is 173 Å². The lowest BCUT2D eigenvalue weighted by atomic mass is 9.90. The predicted molar refractivity (Wildman–Crippen MR) is 167 cm³/mol. The van der Waals surface area contributed by atoms with Crippen molar-refractivity contribution in [1.29, 1.82) is 0 Å². The Labute approximate surface area is 237 Å².